The van der Waals surface area contributed by atoms with Gasteiger partial charge in [-0.05, 0) is 42.2 Å². The van der Waals surface area contributed by atoms with Gasteiger partial charge in [-0.1, -0.05) is 44.2 Å². The van der Waals surface area contributed by atoms with Gasteiger partial charge in [0.25, 0.3) is 0 Å². The highest BCUT2D eigenvalue weighted by Crippen LogP contribution is 2.15. The molecule has 6 nitrogen and oxygen atoms in total. The normalized spacial score (nSPS) is 10.5. The van der Waals surface area contributed by atoms with Gasteiger partial charge >= 0.3 is 11.8 Å². The van der Waals surface area contributed by atoms with Crippen LogP contribution in [0.4, 0.5) is 5.69 Å². The van der Waals surface area contributed by atoms with Crippen molar-refractivity contribution in [1.29, 1.82) is 0 Å². The van der Waals surface area contributed by atoms with Gasteiger partial charge in [0.05, 0.1) is 12.8 Å². The number of anilines is 1. The molecule has 0 aliphatic heterocycles. The maximum absolute atomic E-state index is 12.0. The van der Waals surface area contributed by atoms with Crippen LogP contribution in [-0.4, -0.2) is 24.6 Å². The minimum Gasteiger partial charge on any atom is -0.494 e. The molecule has 6 heteroatoms. The maximum Gasteiger partial charge on any atom is 0.329 e. The molecule has 0 fully saturated rings. The summed E-state index contributed by atoms with van der Waals surface area (Å²) in [6.45, 7) is 4.65. The smallest absolute Gasteiger partial charge is 0.329 e. The van der Waals surface area contributed by atoms with E-state index in [2.05, 4.69) is 15.8 Å². The van der Waals surface area contributed by atoms with Crippen LogP contribution >= 0.6 is 0 Å². The molecule has 0 aromatic heterocycles. The fourth-order valence-corrected chi connectivity index (χ4v) is 2.25. The lowest BCUT2D eigenvalue weighted by atomic mass is 10.1. The molecule has 0 saturated carbocycles. The van der Waals surface area contributed by atoms with Crippen molar-refractivity contribution in [3.63, 3.8) is 0 Å². The van der Waals surface area contributed by atoms with Crippen molar-refractivity contribution in [2.75, 3.05) is 11.9 Å². The molecule has 0 aliphatic carbocycles. The highest BCUT2D eigenvalue weighted by Gasteiger charge is 2.14. The van der Waals surface area contributed by atoms with Gasteiger partial charge in [-0.3, -0.25) is 9.59 Å². The van der Waals surface area contributed by atoms with Crippen molar-refractivity contribution in [3.8, 4) is 5.75 Å². The Hall–Kier alpha value is -3.15. The Morgan fingerprint density at radius 2 is 1.88 bits per heavy atom. The number of aryl methyl sites for hydroxylation is 1. The van der Waals surface area contributed by atoms with Crippen molar-refractivity contribution in [1.82, 2.24) is 5.43 Å². The Labute approximate surface area is 153 Å². The van der Waals surface area contributed by atoms with E-state index in [1.807, 2.05) is 50.2 Å². The second-order valence-corrected chi connectivity index (χ2v) is 5.58. The molecule has 2 rings (SSSR count). The third-order valence-corrected chi connectivity index (χ3v) is 3.56. The van der Waals surface area contributed by atoms with Crippen LogP contribution < -0.4 is 15.5 Å². The van der Waals surface area contributed by atoms with E-state index in [1.165, 1.54) is 6.21 Å². The van der Waals surface area contributed by atoms with E-state index in [-0.39, 0.29) is 0 Å². The Bertz CT molecular complexity index is 787. The molecular formula is C20H23N3O3. The Balaban J connectivity index is 1.91. The fraction of sp³-hybridized carbons (Fsp3) is 0.250. The SMILES string of the molecule is CCCOc1cccc(/C=N\NC(=O)C(=O)Nc2ccccc2CC)c1. The highest BCUT2D eigenvalue weighted by molar-refractivity contribution is 6.39. The number of nitrogens with one attached hydrogen (secondary N) is 2. The number of carbonyl (C=O) groups excluding carboxylic acids is 2. The van der Waals surface area contributed by atoms with Crippen LogP contribution in [-0.2, 0) is 16.0 Å². The number of hydrogen-bond acceptors (Lipinski definition) is 4. The number of rotatable bonds is 7. The molecule has 0 aliphatic rings. The van der Waals surface area contributed by atoms with Gasteiger partial charge in [0, 0.05) is 5.69 Å². The summed E-state index contributed by atoms with van der Waals surface area (Å²) in [6.07, 6.45) is 3.14. The van der Waals surface area contributed by atoms with E-state index >= 15 is 0 Å². The Morgan fingerprint density at radius 1 is 1.08 bits per heavy atom. The zero-order valence-electron chi connectivity index (χ0n) is 15.0. The number of ether oxygens (including phenoxy) is 1. The first kappa shape index (κ1) is 19.2. The largest absolute Gasteiger partial charge is 0.494 e. The van der Waals surface area contributed by atoms with Crippen LogP contribution in [0.5, 0.6) is 5.75 Å². The van der Waals surface area contributed by atoms with Gasteiger partial charge in [-0.25, -0.2) is 5.43 Å². The summed E-state index contributed by atoms with van der Waals surface area (Å²) in [6, 6.07) is 14.7. The monoisotopic (exact) mass is 353 g/mol. The molecule has 0 bridgehead atoms. The summed E-state index contributed by atoms with van der Waals surface area (Å²) in [7, 11) is 0. The van der Waals surface area contributed by atoms with Gasteiger partial charge in [-0.15, -0.1) is 0 Å². The van der Waals surface area contributed by atoms with Crippen molar-refractivity contribution in [3.05, 3.63) is 59.7 Å². The molecule has 2 aromatic rings. The minimum atomic E-state index is -0.828. The van der Waals surface area contributed by atoms with Crippen LogP contribution in [0.25, 0.3) is 0 Å². The number of hydrogen-bond donors (Lipinski definition) is 2. The molecule has 2 N–H and O–H groups in total. The van der Waals surface area contributed by atoms with E-state index in [4.69, 9.17) is 4.74 Å². The van der Waals surface area contributed by atoms with Crippen molar-refractivity contribution in [2.24, 2.45) is 5.10 Å². The number of nitrogens with zero attached hydrogens (tertiary/aromatic N) is 1. The first-order chi connectivity index (χ1) is 12.6. The molecule has 0 atom stereocenters. The van der Waals surface area contributed by atoms with E-state index in [1.54, 1.807) is 12.1 Å². The van der Waals surface area contributed by atoms with Crippen molar-refractivity contribution < 1.29 is 14.3 Å². The van der Waals surface area contributed by atoms with Crippen LogP contribution in [0, 0.1) is 0 Å². The average Bonchev–Trinajstić information content (AvgIpc) is 2.67. The van der Waals surface area contributed by atoms with Crippen LogP contribution in [0.15, 0.2) is 53.6 Å². The predicted molar refractivity (Wildman–Crippen MR) is 102 cm³/mol. The lowest BCUT2D eigenvalue weighted by molar-refractivity contribution is -0.136. The standard InChI is InChI=1S/C20H23N3O3/c1-3-12-26-17-10-7-8-15(13-17)14-21-23-20(25)19(24)22-18-11-6-5-9-16(18)4-2/h5-11,13-14H,3-4,12H2,1-2H3,(H,22,24)(H,23,25)/b21-14-. The quantitative estimate of drug-likeness (QED) is 0.456. The lowest BCUT2D eigenvalue weighted by Gasteiger charge is -2.08. The fourth-order valence-electron chi connectivity index (χ4n) is 2.25. The molecule has 0 unspecified atom stereocenters. The summed E-state index contributed by atoms with van der Waals surface area (Å²) < 4.78 is 5.54. The molecule has 0 radical (unpaired) electrons. The Morgan fingerprint density at radius 3 is 2.65 bits per heavy atom. The van der Waals surface area contributed by atoms with E-state index in [0.29, 0.717) is 12.3 Å². The van der Waals surface area contributed by atoms with Crippen molar-refractivity contribution in [2.45, 2.75) is 26.7 Å². The second-order valence-electron chi connectivity index (χ2n) is 5.58. The summed E-state index contributed by atoms with van der Waals surface area (Å²) in [5.41, 5.74) is 4.57. The highest BCUT2D eigenvalue weighted by atomic mass is 16.5. The van der Waals surface area contributed by atoms with E-state index < -0.39 is 11.8 Å². The number of hydrazone groups is 1. The first-order valence-corrected chi connectivity index (χ1v) is 8.59. The lowest BCUT2D eigenvalue weighted by Crippen LogP contribution is -2.32. The van der Waals surface area contributed by atoms with Gasteiger partial charge in [-0.2, -0.15) is 5.10 Å². The average molecular weight is 353 g/mol. The first-order valence-electron chi connectivity index (χ1n) is 8.59. The van der Waals surface area contributed by atoms with E-state index in [0.717, 1.165) is 29.7 Å². The third-order valence-electron chi connectivity index (χ3n) is 3.56. The molecule has 26 heavy (non-hydrogen) atoms. The molecular weight excluding hydrogens is 330 g/mol. The summed E-state index contributed by atoms with van der Waals surface area (Å²) in [4.78, 5) is 23.9. The summed E-state index contributed by atoms with van der Waals surface area (Å²) in [5.74, 6) is -0.857. The van der Waals surface area contributed by atoms with Crippen LogP contribution in [0.2, 0.25) is 0 Å². The molecule has 2 aromatic carbocycles. The molecule has 0 heterocycles. The van der Waals surface area contributed by atoms with Crippen LogP contribution in [0.3, 0.4) is 0 Å². The number of carbonyl (C=O) groups is 2. The van der Waals surface area contributed by atoms with Crippen molar-refractivity contribution >= 4 is 23.7 Å². The summed E-state index contributed by atoms with van der Waals surface area (Å²) in [5, 5.41) is 6.42. The number of amides is 2. The predicted octanol–water partition coefficient (Wildman–Crippen LogP) is 3.13. The minimum absolute atomic E-state index is 0.625. The second kappa shape index (κ2) is 9.98. The topological polar surface area (TPSA) is 79.8 Å². The van der Waals surface area contributed by atoms with E-state index in [9.17, 15) is 9.59 Å². The van der Waals surface area contributed by atoms with Gasteiger partial charge in [0.2, 0.25) is 0 Å². The zero-order valence-corrected chi connectivity index (χ0v) is 15.0. The molecule has 0 saturated heterocycles. The molecule has 0 spiro atoms. The van der Waals surface area contributed by atoms with Gasteiger partial charge < -0.3 is 10.1 Å². The maximum atomic E-state index is 12.0. The third kappa shape index (κ3) is 5.73. The number of para-hydroxylation sites is 1. The summed E-state index contributed by atoms with van der Waals surface area (Å²) >= 11 is 0. The van der Waals surface area contributed by atoms with Gasteiger partial charge in [0.15, 0.2) is 0 Å². The zero-order chi connectivity index (χ0) is 18.8. The van der Waals surface area contributed by atoms with Gasteiger partial charge in [0.1, 0.15) is 5.75 Å². The Kier molecular flexibility index (Phi) is 7.36. The number of benzene rings is 2. The molecule has 136 valence electrons. The van der Waals surface area contributed by atoms with Crippen LogP contribution in [0.1, 0.15) is 31.4 Å². The molecule has 2 amide bonds.